The molecule has 3 rings (SSSR count). The van der Waals surface area contributed by atoms with Crippen molar-refractivity contribution in [2.45, 2.75) is 13.3 Å². The zero-order valence-corrected chi connectivity index (χ0v) is 16.2. The van der Waals surface area contributed by atoms with E-state index in [4.69, 9.17) is 20.8 Å². The third-order valence-electron chi connectivity index (χ3n) is 4.41. The molecule has 0 unspecified atom stereocenters. The number of aryl methyl sites for hydroxylation is 1. The number of hydrogen-bond donors (Lipinski definition) is 0. The molecule has 0 aliphatic heterocycles. The van der Waals surface area contributed by atoms with Crippen LogP contribution < -0.4 is 10.4 Å². The first-order chi connectivity index (χ1) is 12.9. The Morgan fingerprint density at radius 1 is 1.19 bits per heavy atom. The van der Waals surface area contributed by atoms with E-state index in [-0.39, 0.29) is 18.1 Å². The molecule has 6 heteroatoms. The number of halogens is 1. The zero-order valence-electron chi connectivity index (χ0n) is 15.4. The molecule has 0 spiro atoms. The summed E-state index contributed by atoms with van der Waals surface area (Å²) in [4.78, 5) is 25.6. The molecule has 0 saturated heterocycles. The van der Waals surface area contributed by atoms with Crippen molar-refractivity contribution in [2.75, 3.05) is 20.7 Å². The lowest BCUT2D eigenvalue weighted by atomic mass is 9.99. The smallest absolute Gasteiger partial charge is 0.340 e. The summed E-state index contributed by atoms with van der Waals surface area (Å²) in [5.41, 5.74) is 2.44. The summed E-state index contributed by atoms with van der Waals surface area (Å²) in [5, 5.41) is 1.11. The van der Waals surface area contributed by atoms with Crippen molar-refractivity contribution in [1.29, 1.82) is 0 Å². The fourth-order valence-corrected chi connectivity index (χ4v) is 2.99. The minimum absolute atomic E-state index is 0.145. The first kappa shape index (κ1) is 19.0. The van der Waals surface area contributed by atoms with Gasteiger partial charge < -0.3 is 14.1 Å². The molecule has 0 atom stereocenters. The van der Waals surface area contributed by atoms with Crippen LogP contribution >= 0.6 is 11.6 Å². The largest absolute Gasteiger partial charge is 0.482 e. The molecule has 0 N–H and O–H groups in total. The number of fused-ring (bicyclic) bond motifs is 1. The Balaban J connectivity index is 1.98. The Morgan fingerprint density at radius 3 is 2.56 bits per heavy atom. The van der Waals surface area contributed by atoms with Gasteiger partial charge in [-0.3, -0.25) is 4.79 Å². The van der Waals surface area contributed by atoms with Crippen LogP contribution in [0.25, 0.3) is 11.0 Å². The van der Waals surface area contributed by atoms with E-state index in [1.165, 1.54) is 4.90 Å². The number of carbonyl (C=O) groups excluding carboxylic acids is 1. The SMILES string of the molecule is Cc1c(Cc2ccccc2)c(=O)oc2cc(OCC(=O)N(C)C)c(Cl)cc12. The molecule has 1 aromatic heterocycles. The van der Waals surface area contributed by atoms with E-state index >= 15 is 0 Å². The quantitative estimate of drug-likeness (QED) is 0.626. The molecule has 1 amide bonds. The fraction of sp³-hybridized carbons (Fsp3) is 0.238. The summed E-state index contributed by atoms with van der Waals surface area (Å²) < 4.78 is 11.0. The van der Waals surface area contributed by atoms with Crippen molar-refractivity contribution in [3.05, 3.63) is 74.6 Å². The second kappa shape index (κ2) is 7.84. The van der Waals surface area contributed by atoms with Crippen LogP contribution in [0, 0.1) is 6.92 Å². The van der Waals surface area contributed by atoms with Gasteiger partial charge in [0.15, 0.2) is 6.61 Å². The molecule has 0 saturated carbocycles. The van der Waals surface area contributed by atoms with E-state index in [1.807, 2.05) is 37.3 Å². The van der Waals surface area contributed by atoms with Crippen LogP contribution in [0.5, 0.6) is 5.75 Å². The summed E-state index contributed by atoms with van der Waals surface area (Å²) in [6, 6.07) is 13.0. The third kappa shape index (κ3) is 4.14. The number of amides is 1. The molecule has 0 aliphatic carbocycles. The van der Waals surface area contributed by atoms with Gasteiger partial charge in [0.1, 0.15) is 11.3 Å². The first-order valence-corrected chi connectivity index (χ1v) is 8.87. The molecule has 140 valence electrons. The second-order valence-electron chi connectivity index (χ2n) is 6.51. The fourth-order valence-electron chi connectivity index (χ4n) is 2.77. The topological polar surface area (TPSA) is 59.8 Å². The van der Waals surface area contributed by atoms with Crippen molar-refractivity contribution in [3.63, 3.8) is 0 Å². The van der Waals surface area contributed by atoms with E-state index in [0.717, 1.165) is 16.5 Å². The molecule has 3 aromatic rings. The number of hydrogen-bond acceptors (Lipinski definition) is 4. The number of benzene rings is 2. The number of ether oxygens (including phenoxy) is 1. The monoisotopic (exact) mass is 385 g/mol. The highest BCUT2D eigenvalue weighted by molar-refractivity contribution is 6.32. The van der Waals surface area contributed by atoms with Gasteiger partial charge in [-0.15, -0.1) is 0 Å². The van der Waals surface area contributed by atoms with Gasteiger partial charge >= 0.3 is 5.63 Å². The number of likely N-dealkylation sites (N-methyl/N-ethyl adjacent to an activating group) is 1. The lowest BCUT2D eigenvalue weighted by Gasteiger charge is -2.13. The predicted molar refractivity (Wildman–Crippen MR) is 106 cm³/mol. The van der Waals surface area contributed by atoms with Gasteiger partial charge in [-0.1, -0.05) is 41.9 Å². The van der Waals surface area contributed by atoms with Crippen LogP contribution in [0.2, 0.25) is 5.02 Å². The average Bonchev–Trinajstić information content (AvgIpc) is 2.65. The zero-order chi connectivity index (χ0) is 19.6. The summed E-state index contributed by atoms with van der Waals surface area (Å²) >= 11 is 6.32. The Labute approximate surface area is 162 Å². The highest BCUT2D eigenvalue weighted by Gasteiger charge is 2.16. The molecule has 0 aliphatic rings. The highest BCUT2D eigenvalue weighted by Crippen LogP contribution is 2.32. The molecule has 0 radical (unpaired) electrons. The van der Waals surface area contributed by atoms with Gasteiger partial charge in [0.2, 0.25) is 0 Å². The van der Waals surface area contributed by atoms with Gasteiger partial charge in [-0.05, 0) is 24.1 Å². The van der Waals surface area contributed by atoms with E-state index in [0.29, 0.717) is 28.3 Å². The van der Waals surface area contributed by atoms with Crippen molar-refractivity contribution >= 4 is 28.5 Å². The summed E-state index contributed by atoms with van der Waals surface area (Å²) in [6.45, 7) is 1.73. The number of rotatable bonds is 5. The summed E-state index contributed by atoms with van der Waals surface area (Å²) in [7, 11) is 3.29. The summed E-state index contributed by atoms with van der Waals surface area (Å²) in [6.07, 6.45) is 0.484. The molecule has 1 heterocycles. The highest BCUT2D eigenvalue weighted by atomic mass is 35.5. The van der Waals surface area contributed by atoms with Crippen LogP contribution in [0.15, 0.2) is 51.7 Å². The molecule has 27 heavy (non-hydrogen) atoms. The Morgan fingerprint density at radius 2 is 1.89 bits per heavy atom. The predicted octanol–water partition coefficient (Wildman–Crippen LogP) is 3.81. The van der Waals surface area contributed by atoms with Gasteiger partial charge in [0, 0.05) is 37.5 Å². The maximum atomic E-state index is 12.5. The molecule has 0 bridgehead atoms. The maximum Gasteiger partial charge on any atom is 0.340 e. The molecule has 2 aromatic carbocycles. The van der Waals surface area contributed by atoms with Crippen LogP contribution in [0.3, 0.4) is 0 Å². The van der Waals surface area contributed by atoms with Gasteiger partial charge in [0.05, 0.1) is 5.02 Å². The number of nitrogens with zero attached hydrogens (tertiary/aromatic N) is 1. The standard InChI is InChI=1S/C21H20ClNO4/c1-13-15-10-17(22)19(26-12-20(24)23(2)3)11-18(15)27-21(25)16(13)9-14-7-5-4-6-8-14/h4-8,10-11H,9,12H2,1-3H3. The molecule has 0 fully saturated rings. The van der Waals surface area contributed by atoms with E-state index < -0.39 is 0 Å². The first-order valence-electron chi connectivity index (χ1n) is 8.49. The molecular weight excluding hydrogens is 366 g/mol. The van der Waals surface area contributed by atoms with Gasteiger partial charge in [0.25, 0.3) is 5.91 Å². The average molecular weight is 386 g/mol. The van der Waals surface area contributed by atoms with Crippen LogP contribution in [0.1, 0.15) is 16.7 Å². The maximum absolute atomic E-state index is 12.5. The minimum atomic E-state index is -0.388. The van der Waals surface area contributed by atoms with Crippen molar-refractivity contribution in [3.8, 4) is 5.75 Å². The Kier molecular flexibility index (Phi) is 5.51. The van der Waals surface area contributed by atoms with E-state index in [9.17, 15) is 9.59 Å². The molecular formula is C21H20ClNO4. The van der Waals surface area contributed by atoms with Crippen LogP contribution in [-0.2, 0) is 11.2 Å². The van der Waals surface area contributed by atoms with E-state index in [2.05, 4.69) is 0 Å². The second-order valence-corrected chi connectivity index (χ2v) is 6.92. The van der Waals surface area contributed by atoms with Crippen LogP contribution in [-0.4, -0.2) is 31.5 Å². The number of carbonyl (C=O) groups is 1. The van der Waals surface area contributed by atoms with Gasteiger partial charge in [-0.2, -0.15) is 0 Å². The van der Waals surface area contributed by atoms with Gasteiger partial charge in [-0.25, -0.2) is 4.79 Å². The Bertz CT molecular complexity index is 1040. The normalized spacial score (nSPS) is 10.8. The van der Waals surface area contributed by atoms with Crippen molar-refractivity contribution in [2.24, 2.45) is 0 Å². The van der Waals surface area contributed by atoms with Crippen LogP contribution in [0.4, 0.5) is 0 Å². The van der Waals surface area contributed by atoms with Crippen molar-refractivity contribution in [1.82, 2.24) is 4.90 Å². The third-order valence-corrected chi connectivity index (χ3v) is 4.71. The summed E-state index contributed by atoms with van der Waals surface area (Å²) in [5.74, 6) is 0.111. The lowest BCUT2D eigenvalue weighted by molar-refractivity contribution is -0.130. The molecule has 5 nitrogen and oxygen atoms in total. The minimum Gasteiger partial charge on any atom is -0.482 e. The van der Waals surface area contributed by atoms with Crippen molar-refractivity contribution < 1.29 is 13.9 Å². The van der Waals surface area contributed by atoms with E-state index in [1.54, 1.807) is 26.2 Å². The lowest BCUT2D eigenvalue weighted by Crippen LogP contribution is -2.27. The Hall–Kier alpha value is -2.79.